The average Bonchev–Trinajstić information content (AvgIpc) is 3.53. The summed E-state index contributed by atoms with van der Waals surface area (Å²) in [5.74, 6) is 0.142. The summed E-state index contributed by atoms with van der Waals surface area (Å²) in [7, 11) is 0. The average molecular weight is 595 g/mol. The molecular weight excluding hydrogens is 556 g/mol. The van der Waals surface area contributed by atoms with E-state index in [0.717, 1.165) is 60.4 Å². The lowest BCUT2D eigenvalue weighted by Gasteiger charge is -2.42. The summed E-state index contributed by atoms with van der Waals surface area (Å²) in [6.07, 6.45) is 2.71. The Kier molecular flexibility index (Phi) is 7.53. The van der Waals surface area contributed by atoms with Crippen molar-refractivity contribution in [3.8, 4) is 11.8 Å². The Hall–Kier alpha value is -4.13. The zero-order chi connectivity index (χ0) is 30.4. The van der Waals surface area contributed by atoms with Gasteiger partial charge in [0.2, 0.25) is 0 Å². The highest BCUT2D eigenvalue weighted by Crippen LogP contribution is 2.55. The Labute approximate surface area is 257 Å². The number of phenolic OH excluding ortho intramolecular Hbond substituents is 1. The van der Waals surface area contributed by atoms with Crippen molar-refractivity contribution >= 4 is 49.8 Å². The Morgan fingerprint density at radius 1 is 1.12 bits per heavy atom. The number of carbonyl (C=O) groups is 1. The fraction of sp³-hybridized carbons (Fsp3) is 0.382. The summed E-state index contributed by atoms with van der Waals surface area (Å²) >= 11 is 1.45. The van der Waals surface area contributed by atoms with Crippen molar-refractivity contribution in [2.24, 2.45) is 5.41 Å². The first-order valence-corrected chi connectivity index (χ1v) is 15.7. The van der Waals surface area contributed by atoms with Gasteiger partial charge in [0.1, 0.15) is 5.75 Å². The lowest BCUT2D eigenvalue weighted by Crippen LogP contribution is -2.47. The summed E-state index contributed by atoms with van der Waals surface area (Å²) in [4.78, 5) is 22.4. The molecule has 1 spiro atoms. The number of piperidine rings is 1. The molecule has 43 heavy (non-hydrogen) atoms. The molecule has 1 fully saturated rings. The lowest BCUT2D eigenvalue weighted by molar-refractivity contribution is 0.125. The van der Waals surface area contributed by atoms with E-state index in [1.54, 1.807) is 12.1 Å². The first-order valence-electron chi connectivity index (χ1n) is 14.9. The number of aromatic nitrogens is 1. The third kappa shape index (κ3) is 5.65. The summed E-state index contributed by atoms with van der Waals surface area (Å²) in [6, 6.07) is 19.1. The maximum atomic E-state index is 13.2. The highest BCUT2D eigenvalue weighted by atomic mass is 32.1. The Morgan fingerprint density at radius 2 is 1.88 bits per heavy atom. The third-order valence-electron chi connectivity index (χ3n) is 8.57. The number of phenols is 1. The second-order valence-corrected chi connectivity index (χ2v) is 14.0. The highest BCUT2D eigenvalue weighted by molar-refractivity contribution is 7.22. The highest BCUT2D eigenvalue weighted by Gasteiger charge is 2.48. The maximum absolute atomic E-state index is 13.2. The largest absolute Gasteiger partial charge is 0.506 e. The van der Waals surface area contributed by atoms with Crippen molar-refractivity contribution in [1.82, 2.24) is 9.88 Å². The molecule has 0 radical (unpaired) electrons. The van der Waals surface area contributed by atoms with Gasteiger partial charge in [0, 0.05) is 24.1 Å². The van der Waals surface area contributed by atoms with E-state index in [9.17, 15) is 15.2 Å². The van der Waals surface area contributed by atoms with Crippen LogP contribution in [0.15, 0.2) is 54.6 Å². The lowest BCUT2D eigenvalue weighted by atomic mass is 9.72. The number of hydrogen-bond donors (Lipinski definition) is 3. The minimum atomic E-state index is -0.387. The van der Waals surface area contributed by atoms with E-state index in [2.05, 4.69) is 71.3 Å². The normalized spacial score (nSPS) is 16.3. The van der Waals surface area contributed by atoms with Crippen molar-refractivity contribution in [1.29, 1.82) is 5.26 Å². The van der Waals surface area contributed by atoms with Gasteiger partial charge in [-0.25, -0.2) is 9.78 Å². The molecule has 2 aliphatic heterocycles. The quantitative estimate of drug-likeness (QED) is 0.220. The zero-order valence-electron chi connectivity index (χ0n) is 25.2. The molecule has 4 aromatic rings. The van der Waals surface area contributed by atoms with Gasteiger partial charge >= 0.3 is 6.03 Å². The summed E-state index contributed by atoms with van der Waals surface area (Å²) in [5, 5.41) is 27.8. The van der Waals surface area contributed by atoms with Crippen LogP contribution in [0.1, 0.15) is 57.2 Å². The minimum absolute atomic E-state index is 0.142. The number of amides is 2. The number of hydrogen-bond acceptors (Lipinski definition) is 7. The molecule has 1 saturated heterocycles. The Morgan fingerprint density at radius 3 is 2.60 bits per heavy atom. The zero-order valence-corrected chi connectivity index (χ0v) is 26.0. The summed E-state index contributed by atoms with van der Waals surface area (Å²) in [6.45, 7) is 12.4. The smallest absolute Gasteiger partial charge is 0.325 e. The molecule has 0 saturated carbocycles. The van der Waals surface area contributed by atoms with Gasteiger partial charge in [-0.2, -0.15) is 5.26 Å². The van der Waals surface area contributed by atoms with E-state index < -0.39 is 0 Å². The van der Waals surface area contributed by atoms with E-state index in [1.165, 1.54) is 16.9 Å². The van der Waals surface area contributed by atoms with Gasteiger partial charge in [0.15, 0.2) is 5.13 Å². The first-order chi connectivity index (χ1) is 20.6. The van der Waals surface area contributed by atoms with Crippen LogP contribution in [0.3, 0.4) is 0 Å². The summed E-state index contributed by atoms with van der Waals surface area (Å²) in [5.41, 5.74) is 5.59. The van der Waals surface area contributed by atoms with E-state index in [0.29, 0.717) is 28.6 Å². The molecule has 222 valence electrons. The molecular formula is C34H38N6O2S. The van der Waals surface area contributed by atoms with E-state index in [-0.39, 0.29) is 22.6 Å². The number of aryl methyl sites for hydroxylation is 1. The third-order valence-corrected chi connectivity index (χ3v) is 9.51. The molecule has 1 aromatic heterocycles. The van der Waals surface area contributed by atoms with Crippen molar-refractivity contribution < 1.29 is 9.90 Å². The first kappa shape index (κ1) is 29.0. The van der Waals surface area contributed by atoms with Crippen LogP contribution in [0.4, 0.5) is 27.0 Å². The predicted molar refractivity (Wildman–Crippen MR) is 175 cm³/mol. The fourth-order valence-electron chi connectivity index (χ4n) is 6.68. The van der Waals surface area contributed by atoms with Crippen molar-refractivity contribution in [2.45, 2.75) is 52.4 Å². The van der Waals surface area contributed by atoms with Crippen LogP contribution in [0.5, 0.6) is 5.75 Å². The number of aromatic hydroxyl groups is 1. The molecule has 2 aliphatic rings. The number of benzene rings is 3. The molecule has 8 nitrogen and oxygen atoms in total. The number of carbonyl (C=O) groups excluding carboxylic acids is 1. The second kappa shape index (κ2) is 11.2. The molecule has 0 bridgehead atoms. The number of thiazole rings is 1. The predicted octanol–water partition coefficient (Wildman–Crippen LogP) is 7.61. The Bertz CT molecular complexity index is 1730. The van der Waals surface area contributed by atoms with Crippen molar-refractivity contribution in [3.05, 3.63) is 71.3 Å². The number of urea groups is 1. The number of nitrogens with zero attached hydrogens (tertiary/aromatic N) is 4. The van der Waals surface area contributed by atoms with Crippen LogP contribution in [0.25, 0.3) is 10.2 Å². The number of likely N-dealkylation sites (tertiary alicyclic amines) is 1. The van der Waals surface area contributed by atoms with Crippen LogP contribution in [0.2, 0.25) is 0 Å². The Balaban J connectivity index is 1.29. The van der Waals surface area contributed by atoms with Gasteiger partial charge in [-0.15, -0.1) is 0 Å². The minimum Gasteiger partial charge on any atom is -0.506 e. The van der Waals surface area contributed by atoms with Crippen LogP contribution < -0.4 is 15.5 Å². The van der Waals surface area contributed by atoms with Crippen LogP contribution >= 0.6 is 11.3 Å². The second-order valence-electron chi connectivity index (χ2n) is 12.9. The molecule has 3 N–H and O–H groups in total. The van der Waals surface area contributed by atoms with Gasteiger partial charge in [0.05, 0.1) is 38.9 Å². The molecule has 0 atom stereocenters. The van der Waals surface area contributed by atoms with Gasteiger partial charge in [-0.05, 0) is 79.7 Å². The number of rotatable bonds is 5. The topological polar surface area (TPSA) is 105 Å². The number of fused-ring (bicyclic) bond motifs is 3. The van der Waals surface area contributed by atoms with E-state index >= 15 is 0 Å². The van der Waals surface area contributed by atoms with Crippen LogP contribution in [-0.2, 0) is 11.8 Å². The van der Waals surface area contributed by atoms with Crippen LogP contribution in [-0.4, -0.2) is 47.2 Å². The molecule has 9 heteroatoms. The molecule has 6 rings (SSSR count). The SMILES string of the molecule is CCc1ccc2nc(NC(=O)Nc3ccccc3N3CC4(CCN(CC(C)(C)C)CC4)c4c(C#N)ccc(O)c43)sc2c1. The molecule has 0 unspecified atom stereocenters. The van der Waals surface area contributed by atoms with E-state index in [4.69, 9.17) is 0 Å². The number of nitriles is 1. The molecule has 2 amide bonds. The van der Waals surface area contributed by atoms with Gasteiger partial charge in [-0.3, -0.25) is 5.32 Å². The summed E-state index contributed by atoms with van der Waals surface area (Å²) < 4.78 is 1.03. The monoisotopic (exact) mass is 594 g/mol. The standard InChI is InChI=1S/C34H38N6O2S/c1-5-22-10-12-25-28(18-22)43-32(37-25)38-31(42)36-24-8-6-7-9-26(24)40-21-34(14-16-39(17-15-34)20-33(2,3)4)29-23(19-35)11-13-27(41)30(29)40/h6-13,18,41H,5,14-17,20-21H2,1-4H3,(H2,36,37,38,42). The maximum Gasteiger partial charge on any atom is 0.325 e. The number of para-hydroxylation sites is 2. The van der Waals surface area contributed by atoms with Crippen molar-refractivity contribution in [2.75, 3.05) is 41.7 Å². The molecule has 3 heterocycles. The number of anilines is 4. The van der Waals surface area contributed by atoms with Gasteiger partial charge < -0.3 is 20.2 Å². The van der Waals surface area contributed by atoms with Gasteiger partial charge in [-0.1, -0.05) is 57.2 Å². The molecule has 3 aromatic carbocycles. The van der Waals surface area contributed by atoms with Gasteiger partial charge in [0.25, 0.3) is 0 Å². The molecule has 0 aliphatic carbocycles. The van der Waals surface area contributed by atoms with Crippen LogP contribution in [0, 0.1) is 16.7 Å². The van der Waals surface area contributed by atoms with Crippen molar-refractivity contribution in [3.63, 3.8) is 0 Å². The number of nitrogens with one attached hydrogen (secondary N) is 2. The fourth-order valence-corrected chi connectivity index (χ4v) is 7.60. The van der Waals surface area contributed by atoms with E-state index in [1.807, 2.05) is 30.3 Å².